The van der Waals surface area contributed by atoms with Crippen LogP contribution in [0.2, 0.25) is 5.02 Å². The van der Waals surface area contributed by atoms with Crippen LogP contribution < -0.4 is 0 Å². The molecule has 0 saturated heterocycles. The Morgan fingerprint density at radius 2 is 2.07 bits per heavy atom. The van der Waals surface area contributed by atoms with Crippen molar-refractivity contribution in [3.8, 4) is 0 Å². The highest BCUT2D eigenvalue weighted by molar-refractivity contribution is 9.10. The van der Waals surface area contributed by atoms with Crippen LogP contribution in [0.4, 0.5) is 0 Å². The Labute approximate surface area is 103 Å². The van der Waals surface area contributed by atoms with E-state index in [0.717, 1.165) is 10.0 Å². The van der Waals surface area contributed by atoms with Crippen LogP contribution in [-0.2, 0) is 4.74 Å². The number of ether oxygens (including phenoxy) is 1. The summed E-state index contributed by atoms with van der Waals surface area (Å²) in [5, 5.41) is 0.510. The Morgan fingerprint density at radius 1 is 1.47 bits per heavy atom. The quantitative estimate of drug-likeness (QED) is 0.771. The molecule has 2 nitrogen and oxygen atoms in total. The lowest BCUT2D eigenvalue weighted by molar-refractivity contribution is 0.0377. The molecule has 0 bridgehead atoms. The molecule has 0 atom stereocenters. The minimum absolute atomic E-state index is 0.126. The third kappa shape index (κ3) is 3.21. The summed E-state index contributed by atoms with van der Waals surface area (Å²) in [6.07, 6.45) is -0.126. The van der Waals surface area contributed by atoms with Gasteiger partial charge in [-0.15, -0.1) is 0 Å². The van der Waals surface area contributed by atoms with Crippen LogP contribution in [0.15, 0.2) is 16.6 Å². The van der Waals surface area contributed by atoms with E-state index in [1.54, 1.807) is 12.1 Å². The van der Waals surface area contributed by atoms with Gasteiger partial charge in [0.1, 0.15) is 0 Å². The molecule has 0 radical (unpaired) electrons. The Morgan fingerprint density at radius 3 is 2.60 bits per heavy atom. The number of halogens is 2. The summed E-state index contributed by atoms with van der Waals surface area (Å²) in [6, 6.07) is 3.42. The fourth-order valence-electron chi connectivity index (χ4n) is 1.14. The summed E-state index contributed by atoms with van der Waals surface area (Å²) >= 11 is 9.21. The number of rotatable bonds is 2. The maximum Gasteiger partial charge on any atom is 0.338 e. The molecule has 15 heavy (non-hydrogen) atoms. The van der Waals surface area contributed by atoms with Gasteiger partial charge in [0.15, 0.2) is 0 Å². The summed E-state index contributed by atoms with van der Waals surface area (Å²) in [6.45, 7) is 5.47. The second-order valence-electron chi connectivity index (χ2n) is 3.54. The molecule has 4 heteroatoms. The van der Waals surface area contributed by atoms with E-state index in [4.69, 9.17) is 16.3 Å². The third-order valence-corrected chi connectivity index (χ3v) is 3.03. The van der Waals surface area contributed by atoms with E-state index >= 15 is 0 Å². The standard InChI is InChI=1S/C11H12BrClO2/c1-6(2)15-11(14)8-5-10(13)9(12)4-7(8)3/h4-6H,1-3H3. The minimum Gasteiger partial charge on any atom is -0.459 e. The smallest absolute Gasteiger partial charge is 0.338 e. The normalized spacial score (nSPS) is 10.5. The largest absolute Gasteiger partial charge is 0.459 e. The van der Waals surface area contributed by atoms with Gasteiger partial charge in [-0.25, -0.2) is 4.79 Å². The summed E-state index contributed by atoms with van der Waals surface area (Å²) in [5.74, 6) is -0.336. The van der Waals surface area contributed by atoms with Crippen molar-refractivity contribution in [2.75, 3.05) is 0 Å². The predicted molar refractivity (Wildman–Crippen MR) is 64.4 cm³/mol. The van der Waals surface area contributed by atoms with Crippen LogP contribution in [0.5, 0.6) is 0 Å². The Hall–Kier alpha value is -0.540. The monoisotopic (exact) mass is 290 g/mol. The molecule has 0 aliphatic heterocycles. The fourth-order valence-corrected chi connectivity index (χ4v) is 1.77. The number of hydrogen-bond acceptors (Lipinski definition) is 2. The maximum absolute atomic E-state index is 11.6. The summed E-state index contributed by atoms with van der Waals surface area (Å²) < 4.78 is 5.88. The number of benzene rings is 1. The SMILES string of the molecule is Cc1cc(Br)c(Cl)cc1C(=O)OC(C)C. The number of carbonyl (C=O) groups is 1. The van der Waals surface area contributed by atoms with E-state index in [9.17, 15) is 4.79 Å². The van der Waals surface area contributed by atoms with Crippen molar-refractivity contribution < 1.29 is 9.53 Å². The van der Waals surface area contributed by atoms with Gasteiger partial charge in [0.2, 0.25) is 0 Å². The van der Waals surface area contributed by atoms with E-state index in [1.807, 2.05) is 20.8 Å². The first-order valence-electron chi connectivity index (χ1n) is 4.58. The highest BCUT2D eigenvalue weighted by Gasteiger charge is 2.14. The second kappa shape index (κ2) is 4.99. The number of hydrogen-bond donors (Lipinski definition) is 0. The van der Waals surface area contributed by atoms with Crippen LogP contribution in [0.3, 0.4) is 0 Å². The molecule has 0 aromatic heterocycles. The van der Waals surface area contributed by atoms with Crippen LogP contribution in [0, 0.1) is 6.92 Å². The minimum atomic E-state index is -0.336. The number of esters is 1. The van der Waals surface area contributed by atoms with Gasteiger partial charge in [-0.2, -0.15) is 0 Å². The second-order valence-corrected chi connectivity index (χ2v) is 4.80. The van der Waals surface area contributed by atoms with Gasteiger partial charge in [-0.05, 0) is 54.4 Å². The van der Waals surface area contributed by atoms with Gasteiger partial charge < -0.3 is 4.74 Å². The molecule has 0 amide bonds. The highest BCUT2D eigenvalue weighted by Crippen LogP contribution is 2.26. The first kappa shape index (κ1) is 12.5. The first-order chi connectivity index (χ1) is 6.91. The van der Waals surface area contributed by atoms with E-state index in [2.05, 4.69) is 15.9 Å². The average Bonchev–Trinajstić information content (AvgIpc) is 2.09. The van der Waals surface area contributed by atoms with Crippen molar-refractivity contribution in [1.29, 1.82) is 0 Å². The molecule has 0 aliphatic carbocycles. The number of aryl methyl sites for hydroxylation is 1. The van der Waals surface area contributed by atoms with Crippen molar-refractivity contribution >= 4 is 33.5 Å². The van der Waals surface area contributed by atoms with Crippen molar-refractivity contribution in [1.82, 2.24) is 0 Å². The van der Waals surface area contributed by atoms with Gasteiger partial charge in [0.05, 0.1) is 16.7 Å². The van der Waals surface area contributed by atoms with Crippen molar-refractivity contribution in [3.05, 3.63) is 32.8 Å². The van der Waals surface area contributed by atoms with E-state index in [0.29, 0.717) is 10.6 Å². The zero-order valence-corrected chi connectivity index (χ0v) is 11.1. The van der Waals surface area contributed by atoms with Crippen molar-refractivity contribution in [2.24, 2.45) is 0 Å². The molecule has 1 aromatic carbocycles. The lowest BCUT2D eigenvalue weighted by Crippen LogP contribution is -2.12. The van der Waals surface area contributed by atoms with Gasteiger partial charge in [0, 0.05) is 4.47 Å². The maximum atomic E-state index is 11.6. The predicted octanol–water partition coefficient (Wildman–Crippen LogP) is 3.98. The first-order valence-corrected chi connectivity index (χ1v) is 5.75. The molecule has 1 rings (SSSR count). The van der Waals surface area contributed by atoms with E-state index < -0.39 is 0 Å². The molecule has 0 aliphatic rings. The Balaban J connectivity index is 3.04. The molecule has 0 N–H and O–H groups in total. The zero-order valence-electron chi connectivity index (χ0n) is 8.80. The zero-order chi connectivity index (χ0) is 11.6. The molecule has 1 aromatic rings. The average molecular weight is 292 g/mol. The topological polar surface area (TPSA) is 26.3 Å². The Bertz CT molecular complexity index is 388. The van der Waals surface area contributed by atoms with Crippen LogP contribution >= 0.6 is 27.5 Å². The van der Waals surface area contributed by atoms with Gasteiger partial charge in [0.25, 0.3) is 0 Å². The summed E-state index contributed by atoms with van der Waals surface area (Å²) in [4.78, 5) is 11.6. The van der Waals surface area contributed by atoms with Crippen molar-refractivity contribution in [2.45, 2.75) is 26.9 Å². The van der Waals surface area contributed by atoms with Crippen molar-refractivity contribution in [3.63, 3.8) is 0 Å². The number of carbonyl (C=O) groups excluding carboxylic acids is 1. The fraction of sp³-hybridized carbons (Fsp3) is 0.364. The lowest BCUT2D eigenvalue weighted by Gasteiger charge is -2.10. The summed E-state index contributed by atoms with van der Waals surface area (Å²) in [5.41, 5.74) is 1.36. The lowest BCUT2D eigenvalue weighted by atomic mass is 10.1. The molecule has 0 heterocycles. The molecule has 0 spiro atoms. The summed E-state index contributed by atoms with van der Waals surface area (Å²) in [7, 11) is 0. The molecule has 82 valence electrons. The molecule has 0 saturated carbocycles. The van der Waals surface area contributed by atoms with Gasteiger partial charge in [-0.1, -0.05) is 11.6 Å². The van der Waals surface area contributed by atoms with E-state index in [1.165, 1.54) is 0 Å². The Kier molecular flexibility index (Phi) is 4.17. The van der Waals surface area contributed by atoms with Crippen LogP contribution in [-0.4, -0.2) is 12.1 Å². The molecule has 0 fully saturated rings. The third-order valence-electron chi connectivity index (χ3n) is 1.83. The molecular weight excluding hydrogens is 279 g/mol. The highest BCUT2D eigenvalue weighted by atomic mass is 79.9. The van der Waals surface area contributed by atoms with Gasteiger partial charge in [-0.3, -0.25) is 0 Å². The molecular formula is C11H12BrClO2. The van der Waals surface area contributed by atoms with Crippen LogP contribution in [0.25, 0.3) is 0 Å². The van der Waals surface area contributed by atoms with E-state index in [-0.39, 0.29) is 12.1 Å². The molecule has 0 unspecified atom stereocenters. The van der Waals surface area contributed by atoms with Crippen LogP contribution in [0.1, 0.15) is 29.8 Å². The van der Waals surface area contributed by atoms with Gasteiger partial charge >= 0.3 is 5.97 Å².